The third-order valence-corrected chi connectivity index (χ3v) is 6.19. The average Bonchev–Trinajstić information content (AvgIpc) is 3.47. The van der Waals surface area contributed by atoms with Crippen LogP contribution in [0.15, 0.2) is 47.1 Å². The van der Waals surface area contributed by atoms with Crippen LogP contribution in [0.5, 0.6) is 0 Å². The third-order valence-electron chi connectivity index (χ3n) is 5.50. The minimum Gasteiger partial charge on any atom is -0.353 e. The summed E-state index contributed by atoms with van der Waals surface area (Å²) in [7, 11) is 1.99. The van der Waals surface area contributed by atoms with Gasteiger partial charge in [-0.2, -0.15) is 0 Å². The van der Waals surface area contributed by atoms with Gasteiger partial charge in [0.1, 0.15) is 6.54 Å². The maximum absolute atomic E-state index is 13.2. The largest absolute Gasteiger partial charge is 0.353 e. The van der Waals surface area contributed by atoms with E-state index in [1.807, 2.05) is 73.0 Å². The van der Waals surface area contributed by atoms with Crippen molar-refractivity contribution in [2.24, 2.45) is 7.05 Å². The van der Waals surface area contributed by atoms with Crippen molar-refractivity contribution >= 4 is 33.6 Å². The van der Waals surface area contributed by atoms with Crippen LogP contribution in [0.3, 0.4) is 0 Å². The smallest absolute Gasteiger partial charge is 0.322 e. The average molecular weight is 461 g/mol. The zero-order valence-corrected chi connectivity index (χ0v) is 18.9. The lowest BCUT2D eigenvalue weighted by Gasteiger charge is -2.31. The molecule has 0 aliphatic heterocycles. The quantitative estimate of drug-likeness (QED) is 0.624. The molecule has 0 radical (unpaired) electrons. The predicted octanol–water partition coefficient (Wildman–Crippen LogP) is 4.61. The van der Waals surface area contributed by atoms with Gasteiger partial charge in [0.25, 0.3) is 0 Å². The Morgan fingerprint density at radius 1 is 1.24 bits per heavy atom. The van der Waals surface area contributed by atoms with Crippen LogP contribution in [-0.2, 0) is 18.4 Å². The molecule has 0 spiro atoms. The molecule has 6 nitrogen and oxygen atoms in total. The van der Waals surface area contributed by atoms with Gasteiger partial charge in [-0.05, 0) is 66.4 Å². The number of aryl methyl sites for hydroxylation is 1. The number of hydrogen-bond acceptors (Lipinski definition) is 2. The van der Waals surface area contributed by atoms with Crippen LogP contribution in [0, 0.1) is 0 Å². The number of nitrogens with one attached hydrogen (secondary N) is 1. The number of halogens is 1. The summed E-state index contributed by atoms with van der Waals surface area (Å²) in [5.41, 5.74) is 1.79. The van der Waals surface area contributed by atoms with Crippen molar-refractivity contribution in [1.29, 1.82) is 0 Å². The van der Waals surface area contributed by atoms with E-state index >= 15 is 0 Å². The second kappa shape index (κ2) is 9.48. The Morgan fingerprint density at radius 2 is 1.97 bits per heavy atom. The zero-order chi connectivity index (χ0) is 21.0. The van der Waals surface area contributed by atoms with Gasteiger partial charge in [0, 0.05) is 35.5 Å². The standard InChI is InChI=1S/C22H29BrN4O2/c1-4-16(2)26(22(29)24-20-10-6-5-9-19(20)23)15-21(28)27(17-11-12-17)14-18-8-7-13-25(18)3/h5-10,13,16-17H,4,11-12,14-15H2,1-3H3,(H,24,29). The Balaban J connectivity index is 1.72. The molecule has 2 aromatic rings. The van der Waals surface area contributed by atoms with Gasteiger partial charge in [-0.15, -0.1) is 0 Å². The molecule has 0 bridgehead atoms. The summed E-state index contributed by atoms with van der Waals surface area (Å²) in [6, 6.07) is 11.5. The Morgan fingerprint density at radius 3 is 2.55 bits per heavy atom. The monoisotopic (exact) mass is 460 g/mol. The van der Waals surface area contributed by atoms with E-state index in [-0.39, 0.29) is 30.6 Å². The summed E-state index contributed by atoms with van der Waals surface area (Å²) in [5, 5.41) is 2.93. The van der Waals surface area contributed by atoms with E-state index in [0.29, 0.717) is 12.2 Å². The van der Waals surface area contributed by atoms with Gasteiger partial charge in [-0.1, -0.05) is 19.1 Å². The molecule has 1 heterocycles. The molecule has 1 saturated carbocycles. The number of carbonyl (C=O) groups is 2. The molecular formula is C22H29BrN4O2. The second-order valence-electron chi connectivity index (χ2n) is 7.66. The fourth-order valence-electron chi connectivity index (χ4n) is 3.28. The predicted molar refractivity (Wildman–Crippen MR) is 119 cm³/mol. The number of rotatable bonds is 8. The number of benzene rings is 1. The molecular weight excluding hydrogens is 432 g/mol. The lowest BCUT2D eigenvalue weighted by atomic mass is 10.2. The second-order valence-corrected chi connectivity index (χ2v) is 8.51. The van der Waals surface area contributed by atoms with E-state index in [2.05, 4.69) is 21.2 Å². The fourth-order valence-corrected chi connectivity index (χ4v) is 3.66. The number of anilines is 1. The summed E-state index contributed by atoms with van der Waals surface area (Å²) < 4.78 is 2.85. The van der Waals surface area contributed by atoms with E-state index in [9.17, 15) is 9.59 Å². The van der Waals surface area contributed by atoms with Gasteiger partial charge in [-0.25, -0.2) is 4.79 Å². The molecule has 0 saturated heterocycles. The number of carbonyl (C=O) groups excluding carboxylic acids is 2. The van der Waals surface area contributed by atoms with Crippen molar-refractivity contribution in [2.45, 2.75) is 51.7 Å². The van der Waals surface area contributed by atoms with Crippen LogP contribution in [0.1, 0.15) is 38.8 Å². The van der Waals surface area contributed by atoms with Gasteiger partial charge < -0.3 is 19.7 Å². The molecule has 3 rings (SSSR count). The maximum atomic E-state index is 13.2. The summed E-state index contributed by atoms with van der Waals surface area (Å²) in [5.74, 6) is -0.00345. The lowest BCUT2D eigenvalue weighted by Crippen LogP contribution is -2.48. The van der Waals surface area contributed by atoms with E-state index in [1.54, 1.807) is 4.90 Å². The minimum absolute atomic E-state index is 0.00345. The fraction of sp³-hybridized carbons (Fsp3) is 0.455. The first-order valence-corrected chi connectivity index (χ1v) is 10.9. The molecule has 1 atom stereocenters. The number of hydrogen-bond donors (Lipinski definition) is 1. The molecule has 1 fully saturated rings. The van der Waals surface area contributed by atoms with Crippen molar-refractivity contribution in [3.63, 3.8) is 0 Å². The van der Waals surface area contributed by atoms with Gasteiger partial charge >= 0.3 is 6.03 Å². The molecule has 7 heteroatoms. The zero-order valence-electron chi connectivity index (χ0n) is 17.3. The van der Waals surface area contributed by atoms with Gasteiger partial charge in [0.05, 0.1) is 12.2 Å². The highest BCUT2D eigenvalue weighted by atomic mass is 79.9. The number of nitrogens with zero attached hydrogens (tertiary/aromatic N) is 3. The molecule has 1 aromatic carbocycles. The molecule has 156 valence electrons. The SMILES string of the molecule is CCC(C)N(CC(=O)N(Cc1cccn1C)C1CC1)C(=O)Nc1ccccc1Br. The number of aromatic nitrogens is 1. The number of amides is 3. The Labute approximate surface area is 181 Å². The topological polar surface area (TPSA) is 57.6 Å². The first-order valence-electron chi connectivity index (χ1n) is 10.1. The number of para-hydroxylation sites is 1. The number of urea groups is 1. The van der Waals surface area contributed by atoms with Gasteiger partial charge in [0.15, 0.2) is 0 Å². The Hall–Kier alpha value is -2.28. The summed E-state index contributed by atoms with van der Waals surface area (Å²) >= 11 is 3.46. The minimum atomic E-state index is -0.255. The van der Waals surface area contributed by atoms with Crippen molar-refractivity contribution in [3.8, 4) is 0 Å². The summed E-state index contributed by atoms with van der Waals surface area (Å²) in [6.07, 6.45) is 4.82. The first kappa shape index (κ1) is 21.4. The van der Waals surface area contributed by atoms with E-state index < -0.39 is 0 Å². The lowest BCUT2D eigenvalue weighted by molar-refractivity contribution is -0.133. The molecule has 1 aromatic heterocycles. The van der Waals surface area contributed by atoms with E-state index in [1.165, 1.54) is 0 Å². The van der Waals surface area contributed by atoms with Gasteiger partial charge in [-0.3, -0.25) is 4.79 Å². The summed E-state index contributed by atoms with van der Waals surface area (Å²) in [6.45, 7) is 4.65. The Kier molecular flexibility index (Phi) is 7.00. The molecule has 1 N–H and O–H groups in total. The maximum Gasteiger partial charge on any atom is 0.322 e. The van der Waals surface area contributed by atoms with Crippen molar-refractivity contribution in [3.05, 3.63) is 52.8 Å². The van der Waals surface area contributed by atoms with Crippen LogP contribution < -0.4 is 5.32 Å². The van der Waals surface area contributed by atoms with Crippen LogP contribution in [-0.4, -0.2) is 44.9 Å². The highest BCUT2D eigenvalue weighted by Crippen LogP contribution is 2.29. The van der Waals surface area contributed by atoms with E-state index in [4.69, 9.17) is 0 Å². The molecule has 1 unspecified atom stereocenters. The Bertz CT molecular complexity index is 862. The molecule has 1 aliphatic carbocycles. The molecule has 1 aliphatic rings. The van der Waals surface area contributed by atoms with Crippen molar-refractivity contribution in [1.82, 2.24) is 14.4 Å². The third kappa shape index (κ3) is 5.41. The van der Waals surface area contributed by atoms with Gasteiger partial charge in [0.2, 0.25) is 5.91 Å². The highest BCUT2D eigenvalue weighted by molar-refractivity contribution is 9.10. The normalized spacial score (nSPS) is 14.3. The van der Waals surface area contributed by atoms with E-state index in [0.717, 1.165) is 29.4 Å². The molecule has 3 amide bonds. The molecule has 29 heavy (non-hydrogen) atoms. The van der Waals surface area contributed by atoms with Crippen LogP contribution >= 0.6 is 15.9 Å². The highest BCUT2D eigenvalue weighted by Gasteiger charge is 2.34. The van der Waals surface area contributed by atoms with Crippen LogP contribution in [0.4, 0.5) is 10.5 Å². The summed E-state index contributed by atoms with van der Waals surface area (Å²) in [4.78, 5) is 29.8. The van der Waals surface area contributed by atoms with Crippen molar-refractivity contribution < 1.29 is 9.59 Å². The van der Waals surface area contributed by atoms with Crippen LogP contribution in [0.25, 0.3) is 0 Å². The van der Waals surface area contributed by atoms with Crippen LogP contribution in [0.2, 0.25) is 0 Å². The first-order chi connectivity index (χ1) is 13.9. The van der Waals surface area contributed by atoms with Crippen molar-refractivity contribution in [2.75, 3.05) is 11.9 Å².